The summed E-state index contributed by atoms with van der Waals surface area (Å²) in [5, 5.41) is 0. The van der Waals surface area contributed by atoms with Gasteiger partial charge >= 0.3 is 0 Å². The van der Waals surface area contributed by atoms with Crippen LogP contribution in [0.4, 0.5) is 0 Å². The quantitative estimate of drug-likeness (QED) is 0.807. The molecule has 3 nitrogen and oxygen atoms in total. The summed E-state index contributed by atoms with van der Waals surface area (Å²) < 4.78 is 0. The van der Waals surface area contributed by atoms with E-state index >= 15 is 0 Å². The van der Waals surface area contributed by atoms with Crippen LogP contribution in [0, 0.1) is 5.92 Å². The van der Waals surface area contributed by atoms with Crippen LogP contribution in [0.3, 0.4) is 0 Å². The van der Waals surface area contributed by atoms with Gasteiger partial charge in [-0.15, -0.1) is 11.8 Å². The average molecular weight is 353 g/mol. The molecular formula is C21H24N2OS. The number of hydrogen-bond acceptors (Lipinski definition) is 3. The van der Waals surface area contributed by atoms with Gasteiger partial charge in [-0.25, -0.2) is 0 Å². The number of nitrogens with zero attached hydrogens (tertiary/aromatic N) is 2. The third kappa shape index (κ3) is 3.08. The van der Waals surface area contributed by atoms with Crippen LogP contribution in [0.1, 0.15) is 36.9 Å². The van der Waals surface area contributed by atoms with Crippen molar-refractivity contribution < 1.29 is 4.79 Å². The van der Waals surface area contributed by atoms with E-state index < -0.39 is 0 Å². The minimum Gasteiger partial charge on any atom is -0.332 e. The number of carbonyl (C=O) groups is 1. The number of hydrogen-bond donors (Lipinski definition) is 0. The van der Waals surface area contributed by atoms with E-state index in [4.69, 9.17) is 0 Å². The highest BCUT2D eigenvalue weighted by Gasteiger charge is 2.56. The summed E-state index contributed by atoms with van der Waals surface area (Å²) in [7, 11) is 0. The standard InChI is InChI=1S/C21H24N2OS/c24-20(16-25-15-19-11-5-7-13-22-19)23-14-18-10-4-6-12-21(18,23)17-8-2-1-3-9-17/h1-3,5,7-9,11,13,18H,4,6,10,12,14-16H2. The lowest BCUT2D eigenvalue weighted by Gasteiger charge is -2.61. The molecule has 4 rings (SSSR count). The monoisotopic (exact) mass is 352 g/mol. The van der Waals surface area contributed by atoms with E-state index in [-0.39, 0.29) is 11.4 Å². The summed E-state index contributed by atoms with van der Waals surface area (Å²) in [5.41, 5.74) is 2.33. The highest BCUT2D eigenvalue weighted by molar-refractivity contribution is 7.99. The fourth-order valence-electron chi connectivity index (χ4n) is 4.49. The Bertz CT molecular complexity index is 721. The van der Waals surface area contributed by atoms with Crippen LogP contribution >= 0.6 is 11.8 Å². The molecule has 2 aromatic rings. The van der Waals surface area contributed by atoms with Crippen LogP contribution < -0.4 is 0 Å². The lowest BCUT2D eigenvalue weighted by Crippen LogP contribution is -2.68. The van der Waals surface area contributed by atoms with Crippen molar-refractivity contribution in [2.75, 3.05) is 12.3 Å². The van der Waals surface area contributed by atoms with Gasteiger partial charge in [-0.1, -0.05) is 49.2 Å². The molecule has 1 amide bonds. The maximum Gasteiger partial charge on any atom is 0.233 e. The fourth-order valence-corrected chi connectivity index (χ4v) is 5.30. The van der Waals surface area contributed by atoms with Crippen LogP contribution in [0.15, 0.2) is 54.7 Å². The second-order valence-electron chi connectivity index (χ2n) is 7.05. The fraction of sp³-hybridized carbons (Fsp3) is 0.429. The first-order valence-electron chi connectivity index (χ1n) is 9.14. The molecule has 0 N–H and O–H groups in total. The van der Waals surface area contributed by atoms with Crippen molar-refractivity contribution in [2.45, 2.75) is 37.0 Å². The smallest absolute Gasteiger partial charge is 0.233 e. The van der Waals surface area contributed by atoms with Gasteiger partial charge in [0.05, 0.1) is 17.0 Å². The number of thioether (sulfide) groups is 1. The molecule has 1 aliphatic heterocycles. The molecule has 2 aliphatic rings. The summed E-state index contributed by atoms with van der Waals surface area (Å²) in [5.74, 6) is 2.25. The van der Waals surface area contributed by atoms with Crippen molar-refractivity contribution >= 4 is 17.7 Å². The largest absolute Gasteiger partial charge is 0.332 e. The molecule has 130 valence electrons. The second kappa shape index (κ2) is 7.20. The number of rotatable bonds is 5. The van der Waals surface area contributed by atoms with Crippen molar-refractivity contribution in [3.05, 3.63) is 66.0 Å². The first kappa shape index (κ1) is 16.6. The molecule has 0 radical (unpaired) electrons. The topological polar surface area (TPSA) is 33.2 Å². The van der Waals surface area contributed by atoms with E-state index in [9.17, 15) is 4.79 Å². The Morgan fingerprint density at radius 3 is 2.76 bits per heavy atom. The van der Waals surface area contributed by atoms with Gasteiger partial charge in [-0.05, 0) is 30.5 Å². The van der Waals surface area contributed by atoms with Gasteiger partial charge in [0.2, 0.25) is 5.91 Å². The number of carbonyl (C=O) groups excluding carboxylic acids is 1. The van der Waals surface area contributed by atoms with Crippen LogP contribution in [0.2, 0.25) is 0 Å². The zero-order chi connectivity index (χ0) is 17.1. The zero-order valence-electron chi connectivity index (χ0n) is 14.4. The molecular weight excluding hydrogens is 328 g/mol. The lowest BCUT2D eigenvalue weighted by molar-refractivity contribution is -0.163. The molecule has 2 fully saturated rings. The van der Waals surface area contributed by atoms with E-state index in [0.29, 0.717) is 11.7 Å². The van der Waals surface area contributed by atoms with Gasteiger partial charge in [-0.2, -0.15) is 0 Å². The molecule has 1 aromatic carbocycles. The van der Waals surface area contributed by atoms with E-state index in [1.54, 1.807) is 11.8 Å². The number of aromatic nitrogens is 1. The Hall–Kier alpha value is -1.81. The SMILES string of the molecule is O=C(CSCc1ccccn1)N1CC2CCCCC21c1ccccc1. The molecule has 4 heteroatoms. The van der Waals surface area contributed by atoms with Gasteiger partial charge in [-0.3, -0.25) is 9.78 Å². The third-order valence-corrected chi connectivity index (χ3v) is 6.65. The van der Waals surface area contributed by atoms with E-state index in [1.165, 1.54) is 24.8 Å². The van der Waals surface area contributed by atoms with Gasteiger partial charge in [0.15, 0.2) is 0 Å². The Kier molecular flexibility index (Phi) is 4.80. The molecule has 1 saturated carbocycles. The van der Waals surface area contributed by atoms with Gasteiger partial charge < -0.3 is 4.90 Å². The number of pyridine rings is 1. The summed E-state index contributed by atoms with van der Waals surface area (Å²) >= 11 is 1.67. The number of amides is 1. The first-order chi connectivity index (χ1) is 12.3. The summed E-state index contributed by atoms with van der Waals surface area (Å²) in [6.07, 6.45) is 6.69. The molecule has 25 heavy (non-hydrogen) atoms. The van der Waals surface area contributed by atoms with Crippen molar-refractivity contribution in [3.63, 3.8) is 0 Å². The first-order valence-corrected chi connectivity index (χ1v) is 10.3. The van der Waals surface area contributed by atoms with Crippen molar-refractivity contribution in [2.24, 2.45) is 5.92 Å². The van der Waals surface area contributed by atoms with Crippen LogP contribution in [-0.4, -0.2) is 28.1 Å². The summed E-state index contributed by atoms with van der Waals surface area (Å²) in [4.78, 5) is 19.4. The molecule has 1 aromatic heterocycles. The highest BCUT2D eigenvalue weighted by atomic mass is 32.2. The molecule has 2 atom stereocenters. The minimum atomic E-state index is -0.0395. The second-order valence-corrected chi connectivity index (χ2v) is 8.04. The molecule has 0 spiro atoms. The number of benzene rings is 1. The number of fused-ring (bicyclic) bond motifs is 1. The van der Waals surface area contributed by atoms with Crippen LogP contribution in [0.25, 0.3) is 0 Å². The van der Waals surface area contributed by atoms with E-state index in [1.807, 2.05) is 24.4 Å². The third-order valence-electron chi connectivity index (χ3n) is 5.70. The minimum absolute atomic E-state index is 0.0395. The normalized spacial score (nSPS) is 25.1. The predicted octanol–water partition coefficient (Wildman–Crippen LogP) is 4.24. The van der Waals surface area contributed by atoms with Gasteiger partial charge in [0.1, 0.15) is 0 Å². The van der Waals surface area contributed by atoms with Crippen molar-refractivity contribution in [3.8, 4) is 0 Å². The van der Waals surface area contributed by atoms with E-state index in [0.717, 1.165) is 24.4 Å². The van der Waals surface area contributed by atoms with E-state index in [2.05, 4.69) is 40.2 Å². The summed E-state index contributed by atoms with van der Waals surface area (Å²) in [6, 6.07) is 16.6. The average Bonchev–Trinajstić information content (AvgIpc) is 2.64. The Morgan fingerprint density at radius 1 is 1.16 bits per heavy atom. The van der Waals surface area contributed by atoms with Gasteiger partial charge in [0, 0.05) is 24.4 Å². The zero-order valence-corrected chi connectivity index (χ0v) is 15.3. The Morgan fingerprint density at radius 2 is 2.00 bits per heavy atom. The Balaban J connectivity index is 1.45. The maximum atomic E-state index is 12.9. The Labute approximate surface area is 153 Å². The number of likely N-dealkylation sites (tertiary alicyclic amines) is 1. The van der Waals surface area contributed by atoms with Crippen molar-refractivity contribution in [1.29, 1.82) is 0 Å². The molecule has 1 aliphatic carbocycles. The van der Waals surface area contributed by atoms with Gasteiger partial charge in [0.25, 0.3) is 0 Å². The molecule has 2 heterocycles. The molecule has 0 bridgehead atoms. The van der Waals surface area contributed by atoms with Crippen LogP contribution in [0.5, 0.6) is 0 Å². The van der Waals surface area contributed by atoms with Crippen molar-refractivity contribution in [1.82, 2.24) is 9.88 Å². The van der Waals surface area contributed by atoms with Crippen LogP contribution in [-0.2, 0) is 16.1 Å². The predicted molar refractivity (Wildman–Crippen MR) is 102 cm³/mol. The molecule has 2 unspecified atom stereocenters. The molecule has 1 saturated heterocycles. The lowest BCUT2D eigenvalue weighted by atomic mass is 9.61. The maximum absolute atomic E-state index is 12.9. The highest BCUT2D eigenvalue weighted by Crippen LogP contribution is 2.53. The summed E-state index contributed by atoms with van der Waals surface area (Å²) in [6.45, 7) is 0.928.